The van der Waals surface area contributed by atoms with E-state index in [-0.39, 0.29) is 22.8 Å². The molecule has 3 aromatic rings. The van der Waals surface area contributed by atoms with E-state index in [1.165, 1.54) is 36.9 Å². The number of likely N-dealkylation sites (tertiary alicyclic amines) is 1. The number of amides is 1. The van der Waals surface area contributed by atoms with Crippen LogP contribution in [0, 0.1) is 12.8 Å². The third-order valence-corrected chi connectivity index (χ3v) is 14.4. The summed E-state index contributed by atoms with van der Waals surface area (Å²) in [5, 5.41) is 0. The fourth-order valence-corrected chi connectivity index (χ4v) is 11.0. The highest BCUT2D eigenvalue weighted by atomic mass is 32.2. The van der Waals surface area contributed by atoms with Crippen LogP contribution in [-0.4, -0.2) is 101 Å². The van der Waals surface area contributed by atoms with Gasteiger partial charge < -0.3 is 14.4 Å². The highest BCUT2D eigenvalue weighted by Gasteiger charge is 2.48. The summed E-state index contributed by atoms with van der Waals surface area (Å²) in [6.07, 6.45) is -3.84. The van der Waals surface area contributed by atoms with Crippen molar-refractivity contribution >= 4 is 23.5 Å². The first-order chi connectivity index (χ1) is 27.1. The lowest BCUT2D eigenvalue weighted by Crippen LogP contribution is -2.46. The second-order valence-electron chi connectivity index (χ2n) is 14.4. The summed E-state index contributed by atoms with van der Waals surface area (Å²) in [6, 6.07) is 8.14. The summed E-state index contributed by atoms with van der Waals surface area (Å²) in [5.41, 5.74) is -2.49. The topological polar surface area (TPSA) is 223 Å². The molecule has 6 rings (SSSR count). The zero-order valence-corrected chi connectivity index (χ0v) is 33.9. The number of alkyl halides is 1. The van der Waals surface area contributed by atoms with Crippen molar-refractivity contribution in [1.29, 1.82) is 0 Å². The molecule has 2 aromatic heterocycles. The van der Waals surface area contributed by atoms with Crippen LogP contribution in [0.15, 0.2) is 77.6 Å². The van der Waals surface area contributed by atoms with Crippen LogP contribution in [0.3, 0.4) is 0 Å². The van der Waals surface area contributed by atoms with Crippen molar-refractivity contribution in [2.24, 2.45) is 10.7 Å². The van der Waals surface area contributed by atoms with Crippen molar-refractivity contribution in [3.8, 4) is 0 Å². The highest BCUT2D eigenvalue weighted by Crippen LogP contribution is 2.58. The minimum Gasteiger partial charge on any atom is -0.352 e. The Morgan fingerprint density at radius 3 is 2.46 bits per heavy atom. The van der Waals surface area contributed by atoms with Crippen LogP contribution >= 0.6 is 7.74 Å². The van der Waals surface area contributed by atoms with Crippen LogP contribution in [0.4, 0.5) is 4.39 Å². The number of aromatic amines is 2. The summed E-state index contributed by atoms with van der Waals surface area (Å²) in [7, 11) is -6.76. The van der Waals surface area contributed by atoms with Gasteiger partial charge in [-0.15, -0.1) is 0 Å². The third kappa shape index (κ3) is 9.16. The van der Waals surface area contributed by atoms with Crippen molar-refractivity contribution in [3.63, 3.8) is 0 Å². The maximum atomic E-state index is 15.8. The normalized spacial score (nSPS) is 28.0. The summed E-state index contributed by atoms with van der Waals surface area (Å²) >= 11 is 0. The molecule has 3 unspecified atom stereocenters. The lowest BCUT2D eigenvalue weighted by molar-refractivity contribution is -0.131. The lowest BCUT2D eigenvalue weighted by Gasteiger charge is -2.36. The van der Waals surface area contributed by atoms with Gasteiger partial charge in [0.15, 0.2) is 22.2 Å². The number of hydrogen-bond donors (Lipinski definition) is 2. The molecule has 0 aliphatic carbocycles. The average molecular weight is 839 g/mol. The Bertz CT molecular complexity index is 2340. The zero-order chi connectivity index (χ0) is 41.2. The molecule has 0 spiro atoms. The Labute approximate surface area is 327 Å². The molecule has 0 bridgehead atoms. The van der Waals surface area contributed by atoms with Gasteiger partial charge in [-0.3, -0.25) is 47.1 Å². The Morgan fingerprint density at radius 1 is 1.07 bits per heavy atom. The minimum atomic E-state index is -4.09. The molecule has 1 amide bonds. The molecule has 0 radical (unpaired) electrons. The monoisotopic (exact) mass is 838 g/mol. The van der Waals surface area contributed by atoms with E-state index in [4.69, 9.17) is 23.0 Å². The molecule has 312 valence electrons. The van der Waals surface area contributed by atoms with E-state index >= 15 is 4.39 Å². The average Bonchev–Trinajstić information content (AvgIpc) is 3.90. The van der Waals surface area contributed by atoms with Gasteiger partial charge in [-0.25, -0.2) is 27.1 Å². The number of nitrogens with zero attached hydrogens (tertiary/aromatic N) is 4. The number of benzene rings is 1. The number of carbonyl (C=O) groups is 1. The van der Waals surface area contributed by atoms with Gasteiger partial charge in [-0.1, -0.05) is 32.0 Å². The third-order valence-electron chi connectivity index (χ3n) is 10.6. The number of aromatic nitrogens is 4. The number of rotatable bonds is 14. The molecule has 5 heterocycles. The second-order valence-corrected chi connectivity index (χ2v) is 18.5. The van der Waals surface area contributed by atoms with Crippen LogP contribution in [0.5, 0.6) is 0 Å². The summed E-state index contributed by atoms with van der Waals surface area (Å²) in [5.74, 6) is -1.72. The van der Waals surface area contributed by atoms with Crippen molar-refractivity contribution in [2.75, 3.05) is 26.0 Å². The molecule has 57 heavy (non-hydrogen) atoms. The molecule has 10 atom stereocenters. The van der Waals surface area contributed by atoms with Gasteiger partial charge in [0.2, 0.25) is 5.91 Å². The molecule has 18 nitrogen and oxygen atoms in total. The lowest BCUT2D eigenvalue weighted by atomic mass is 10.0. The first-order valence-corrected chi connectivity index (χ1v) is 21.9. The van der Waals surface area contributed by atoms with Gasteiger partial charge in [0, 0.05) is 56.9 Å². The van der Waals surface area contributed by atoms with Crippen LogP contribution in [0.1, 0.15) is 64.5 Å². The Balaban J connectivity index is 1.37. The number of aryl methyl sites for hydroxylation is 1. The molecule has 3 aliphatic heterocycles. The standard InChI is InChI=1S/C36H48FN6O12PS/c1-6-26-27(17-31(52-26)43-18-21(2)33(46)40-36(43)48)54-56(38-5,51-19-28-22(3)32(37)34(53-28)42-16-14-30(45)39-35(42)47)55-29(25-13-10-15-41(25)23(4)44)20-57(49,50)24-11-8-7-9-12-24/h7-9,11-12,14,16,18,22,25-29,31-32,34H,6,10,13,15,17,19-20H2,1-5H3,(H,39,45,47)(H,40,46,48)/t22?,25-,26+,27?,28+,29+,31+,32-,34+,56?/m0/s1. The number of carbonyl (C=O) groups excluding carboxylic acids is 1. The molecule has 2 N–H and O–H groups in total. The first-order valence-electron chi connectivity index (χ1n) is 18.7. The smallest absolute Gasteiger partial charge is 0.352 e. The first kappa shape index (κ1) is 42.6. The molecular weight excluding hydrogens is 790 g/mol. The fourth-order valence-electron chi connectivity index (χ4n) is 7.49. The van der Waals surface area contributed by atoms with Gasteiger partial charge in [0.25, 0.3) is 11.1 Å². The fraction of sp³-hybridized carbons (Fsp3) is 0.583. The van der Waals surface area contributed by atoms with E-state index in [1.807, 2.05) is 6.92 Å². The van der Waals surface area contributed by atoms with Gasteiger partial charge in [-0.2, -0.15) is 0 Å². The Kier molecular flexibility index (Phi) is 13.0. The van der Waals surface area contributed by atoms with E-state index in [9.17, 15) is 32.4 Å². The van der Waals surface area contributed by atoms with Gasteiger partial charge >= 0.3 is 19.1 Å². The number of nitrogens with one attached hydrogen (secondary N) is 2. The van der Waals surface area contributed by atoms with Gasteiger partial charge in [0.1, 0.15) is 12.3 Å². The molecule has 3 fully saturated rings. The number of sulfone groups is 1. The van der Waals surface area contributed by atoms with E-state index in [0.717, 1.165) is 16.8 Å². The maximum Gasteiger partial charge on any atom is 0.356 e. The predicted molar refractivity (Wildman–Crippen MR) is 204 cm³/mol. The number of H-pyrrole nitrogens is 2. The molecule has 3 aliphatic rings. The van der Waals surface area contributed by atoms with Crippen LogP contribution in [0.2, 0.25) is 0 Å². The Morgan fingerprint density at radius 2 is 1.79 bits per heavy atom. The summed E-state index contributed by atoms with van der Waals surface area (Å²) < 4.78 is 82.6. The number of ether oxygens (including phenoxy) is 2. The van der Waals surface area contributed by atoms with Crippen LogP contribution in [0.25, 0.3) is 0 Å². The quantitative estimate of drug-likeness (QED) is 0.224. The van der Waals surface area contributed by atoms with E-state index < -0.39 is 107 Å². The summed E-state index contributed by atoms with van der Waals surface area (Å²) in [4.78, 5) is 68.1. The minimum absolute atomic E-state index is 0.0376. The molecule has 0 saturated carbocycles. The van der Waals surface area contributed by atoms with Gasteiger partial charge in [0.05, 0.1) is 41.6 Å². The van der Waals surface area contributed by atoms with Crippen molar-refractivity contribution in [1.82, 2.24) is 24.0 Å². The predicted octanol–water partition coefficient (Wildman–Crippen LogP) is 2.81. The van der Waals surface area contributed by atoms with E-state index in [2.05, 4.69) is 14.7 Å². The number of hydrogen-bond acceptors (Lipinski definition) is 13. The van der Waals surface area contributed by atoms with Crippen LogP contribution < -0.4 is 22.5 Å². The largest absolute Gasteiger partial charge is 0.356 e. The zero-order valence-electron chi connectivity index (χ0n) is 32.2. The highest BCUT2D eigenvalue weighted by molar-refractivity contribution is 7.91. The molecule has 3 saturated heterocycles. The van der Waals surface area contributed by atoms with Crippen molar-refractivity contribution < 1.29 is 40.6 Å². The molecular formula is C36H48FN6O12PS. The molecule has 21 heteroatoms. The number of halogens is 1. The molecule has 1 aromatic carbocycles. The van der Waals surface area contributed by atoms with Gasteiger partial charge in [-0.05, 0) is 38.3 Å². The maximum absolute atomic E-state index is 15.8. The summed E-state index contributed by atoms with van der Waals surface area (Å²) in [6.45, 7) is 6.30. The van der Waals surface area contributed by atoms with Crippen molar-refractivity contribution in [3.05, 3.63) is 96.0 Å². The SMILES string of the molecule is CC[C@H]1O[C@@H](n2cc(C)c(=O)[nH]c2=O)CC1OP(=NC)(OC[C@H]1O[C@@H](n2ccc(=O)[nH]c2=O)[C@@H](F)C1C)O[C@H](CS(=O)(=O)c1ccccc1)[C@@H]1CCCN1C(C)=O. The Hall–Kier alpha value is -4.04. The van der Waals surface area contributed by atoms with Crippen LogP contribution in [-0.2, 0) is 37.7 Å². The van der Waals surface area contributed by atoms with Crippen molar-refractivity contribution in [2.45, 2.75) is 107 Å². The van der Waals surface area contributed by atoms with E-state index in [0.29, 0.717) is 25.8 Å². The second kappa shape index (κ2) is 17.4. The van der Waals surface area contributed by atoms with E-state index in [1.54, 1.807) is 36.9 Å².